The lowest BCUT2D eigenvalue weighted by molar-refractivity contribution is -0.384. The van der Waals surface area contributed by atoms with Crippen LogP contribution in [-0.4, -0.2) is 50.8 Å². The van der Waals surface area contributed by atoms with Gasteiger partial charge in [-0.25, -0.2) is 4.39 Å². The van der Waals surface area contributed by atoms with Crippen molar-refractivity contribution < 1.29 is 14.1 Å². The Hall–Kier alpha value is -3.26. The van der Waals surface area contributed by atoms with Crippen LogP contribution in [0.1, 0.15) is 29.9 Å². The lowest BCUT2D eigenvalue weighted by Crippen LogP contribution is -2.57. The summed E-state index contributed by atoms with van der Waals surface area (Å²) in [6.45, 7) is 6.05. The molecule has 1 aromatic heterocycles. The molecule has 2 aromatic carbocycles. The Labute approximate surface area is 173 Å². The fraction of sp³-hybridized carbons (Fsp3) is 0.318. The number of aromatic amines is 1. The van der Waals surface area contributed by atoms with Gasteiger partial charge in [0.2, 0.25) is 0 Å². The van der Waals surface area contributed by atoms with Gasteiger partial charge in [-0.05, 0) is 43.7 Å². The van der Waals surface area contributed by atoms with Crippen LogP contribution in [0.4, 0.5) is 10.1 Å². The maximum absolute atomic E-state index is 13.1. The molecule has 1 amide bonds. The Kier molecular flexibility index (Phi) is 5.26. The van der Waals surface area contributed by atoms with Crippen molar-refractivity contribution in [2.75, 3.05) is 13.1 Å². The van der Waals surface area contributed by atoms with E-state index < -0.39 is 4.92 Å². The Bertz CT molecular complexity index is 1100. The molecular formula is C22H23FN4O3. The summed E-state index contributed by atoms with van der Waals surface area (Å²) in [6.07, 6.45) is 0. The summed E-state index contributed by atoms with van der Waals surface area (Å²) < 4.78 is 13.1. The molecule has 0 spiro atoms. The molecule has 4 rings (SSSR count). The summed E-state index contributed by atoms with van der Waals surface area (Å²) in [6, 6.07) is 12.8. The second-order valence-corrected chi connectivity index (χ2v) is 7.92. The van der Waals surface area contributed by atoms with Gasteiger partial charge in [0, 0.05) is 54.8 Å². The summed E-state index contributed by atoms with van der Waals surface area (Å²) in [5.74, 6) is -0.367. The number of rotatable bonds is 4. The molecule has 2 atom stereocenters. The van der Waals surface area contributed by atoms with Crippen molar-refractivity contribution in [3.8, 4) is 0 Å². The minimum absolute atomic E-state index is 0.00287. The smallest absolute Gasteiger partial charge is 0.270 e. The van der Waals surface area contributed by atoms with Crippen molar-refractivity contribution in [2.24, 2.45) is 0 Å². The second-order valence-electron chi connectivity index (χ2n) is 7.92. The number of aromatic nitrogens is 1. The topological polar surface area (TPSA) is 82.5 Å². The zero-order valence-electron chi connectivity index (χ0n) is 16.8. The van der Waals surface area contributed by atoms with Gasteiger partial charge in [-0.3, -0.25) is 19.8 Å². The van der Waals surface area contributed by atoms with Gasteiger partial charge >= 0.3 is 0 Å². The maximum atomic E-state index is 13.1. The first-order chi connectivity index (χ1) is 14.3. The SMILES string of the molecule is C[C@@H]1CN(Cc2ccc(F)cc2)[C@@H](C)CN1C(=O)c1cc2cc([N+](=O)[O-])ccc2[nH]1. The van der Waals surface area contributed by atoms with Crippen LogP contribution in [0.25, 0.3) is 10.9 Å². The van der Waals surface area contributed by atoms with E-state index in [1.54, 1.807) is 24.3 Å². The largest absolute Gasteiger partial charge is 0.351 e. The second kappa shape index (κ2) is 7.87. The Balaban J connectivity index is 1.49. The van der Waals surface area contributed by atoms with E-state index >= 15 is 0 Å². The zero-order chi connectivity index (χ0) is 21.4. The molecule has 156 valence electrons. The van der Waals surface area contributed by atoms with Crippen LogP contribution in [-0.2, 0) is 6.54 Å². The number of benzene rings is 2. The molecule has 1 saturated heterocycles. The molecule has 1 aliphatic rings. The third-order valence-electron chi connectivity index (χ3n) is 5.72. The van der Waals surface area contributed by atoms with Crippen LogP contribution in [0, 0.1) is 15.9 Å². The summed E-state index contributed by atoms with van der Waals surface area (Å²) in [7, 11) is 0. The molecule has 1 fully saturated rings. The number of nitro benzene ring substituents is 1. The number of piperazine rings is 1. The number of nitro groups is 1. The molecule has 2 heterocycles. The summed E-state index contributed by atoms with van der Waals surface area (Å²) in [5.41, 5.74) is 2.15. The van der Waals surface area contributed by atoms with E-state index in [9.17, 15) is 19.3 Å². The van der Waals surface area contributed by atoms with Crippen LogP contribution in [0.3, 0.4) is 0 Å². The van der Waals surface area contributed by atoms with Crippen molar-refractivity contribution in [1.29, 1.82) is 0 Å². The van der Waals surface area contributed by atoms with Crippen molar-refractivity contribution in [3.05, 3.63) is 75.7 Å². The van der Waals surface area contributed by atoms with Crippen molar-refractivity contribution in [3.63, 3.8) is 0 Å². The molecule has 7 nitrogen and oxygen atoms in total. The average molecular weight is 410 g/mol. The molecule has 0 radical (unpaired) electrons. The number of carbonyl (C=O) groups excluding carboxylic acids is 1. The highest BCUT2D eigenvalue weighted by Gasteiger charge is 2.33. The molecule has 0 unspecified atom stereocenters. The van der Waals surface area contributed by atoms with Gasteiger partial charge in [0.1, 0.15) is 11.5 Å². The first-order valence-electron chi connectivity index (χ1n) is 9.88. The maximum Gasteiger partial charge on any atom is 0.270 e. The third kappa shape index (κ3) is 3.91. The van der Waals surface area contributed by atoms with E-state index in [0.29, 0.717) is 36.2 Å². The molecule has 1 aliphatic heterocycles. The van der Waals surface area contributed by atoms with Gasteiger partial charge in [-0.2, -0.15) is 0 Å². The normalized spacial score (nSPS) is 19.9. The lowest BCUT2D eigenvalue weighted by atomic mass is 10.1. The van der Waals surface area contributed by atoms with Gasteiger partial charge in [-0.1, -0.05) is 12.1 Å². The fourth-order valence-corrected chi connectivity index (χ4v) is 4.03. The quantitative estimate of drug-likeness (QED) is 0.522. The molecule has 0 bridgehead atoms. The average Bonchev–Trinajstić information content (AvgIpc) is 3.15. The fourth-order valence-electron chi connectivity index (χ4n) is 4.03. The van der Waals surface area contributed by atoms with Crippen LogP contribution in [0.15, 0.2) is 48.5 Å². The number of halogens is 1. The number of H-pyrrole nitrogens is 1. The van der Waals surface area contributed by atoms with E-state index in [4.69, 9.17) is 0 Å². The number of amides is 1. The summed E-state index contributed by atoms with van der Waals surface area (Å²) >= 11 is 0. The van der Waals surface area contributed by atoms with E-state index in [2.05, 4.69) is 16.8 Å². The van der Waals surface area contributed by atoms with E-state index in [1.165, 1.54) is 24.3 Å². The van der Waals surface area contributed by atoms with Crippen LogP contribution in [0.2, 0.25) is 0 Å². The van der Waals surface area contributed by atoms with Gasteiger partial charge in [-0.15, -0.1) is 0 Å². The Morgan fingerprint density at radius 1 is 1.13 bits per heavy atom. The monoisotopic (exact) mass is 410 g/mol. The predicted molar refractivity (Wildman–Crippen MR) is 112 cm³/mol. The molecule has 1 N–H and O–H groups in total. The summed E-state index contributed by atoms with van der Waals surface area (Å²) in [5, 5.41) is 11.6. The molecule has 0 saturated carbocycles. The van der Waals surface area contributed by atoms with E-state index in [1.807, 2.05) is 11.8 Å². The molecule has 30 heavy (non-hydrogen) atoms. The Morgan fingerprint density at radius 3 is 2.57 bits per heavy atom. The first kappa shape index (κ1) is 20.0. The van der Waals surface area contributed by atoms with Crippen molar-refractivity contribution in [1.82, 2.24) is 14.8 Å². The standard InChI is InChI=1S/C22H23FN4O3/c1-14-12-26(15(2)11-25(14)13-16-3-5-18(23)6-4-16)22(28)21-10-17-9-19(27(29)30)7-8-20(17)24-21/h3-10,14-15,24H,11-13H2,1-2H3/t14-,15+/m0/s1. The summed E-state index contributed by atoms with van der Waals surface area (Å²) in [4.78, 5) is 30.9. The highest BCUT2D eigenvalue weighted by atomic mass is 19.1. The van der Waals surface area contributed by atoms with E-state index in [-0.39, 0.29) is 29.5 Å². The van der Waals surface area contributed by atoms with Gasteiger partial charge in [0.15, 0.2) is 0 Å². The van der Waals surface area contributed by atoms with Crippen LogP contribution < -0.4 is 0 Å². The first-order valence-corrected chi connectivity index (χ1v) is 9.88. The van der Waals surface area contributed by atoms with E-state index in [0.717, 1.165) is 5.56 Å². The van der Waals surface area contributed by atoms with Crippen molar-refractivity contribution in [2.45, 2.75) is 32.5 Å². The molecule has 0 aliphatic carbocycles. The minimum atomic E-state index is -0.446. The van der Waals surface area contributed by atoms with Gasteiger partial charge < -0.3 is 9.88 Å². The number of carbonyl (C=O) groups is 1. The van der Waals surface area contributed by atoms with Gasteiger partial charge in [0.25, 0.3) is 11.6 Å². The van der Waals surface area contributed by atoms with Crippen LogP contribution in [0.5, 0.6) is 0 Å². The lowest BCUT2D eigenvalue weighted by Gasteiger charge is -2.44. The Morgan fingerprint density at radius 2 is 1.87 bits per heavy atom. The minimum Gasteiger partial charge on any atom is -0.351 e. The number of non-ortho nitro benzene ring substituents is 1. The number of nitrogens with one attached hydrogen (secondary N) is 1. The number of nitrogens with zero attached hydrogens (tertiary/aromatic N) is 3. The predicted octanol–water partition coefficient (Wildman–Crippen LogP) is 3.95. The van der Waals surface area contributed by atoms with Crippen LogP contribution >= 0.6 is 0 Å². The number of fused-ring (bicyclic) bond motifs is 1. The number of hydrogen-bond acceptors (Lipinski definition) is 4. The van der Waals surface area contributed by atoms with Gasteiger partial charge in [0.05, 0.1) is 4.92 Å². The highest BCUT2D eigenvalue weighted by Crippen LogP contribution is 2.24. The molecule has 8 heteroatoms. The van der Waals surface area contributed by atoms with Crippen molar-refractivity contribution >= 4 is 22.5 Å². The highest BCUT2D eigenvalue weighted by molar-refractivity contribution is 5.98. The zero-order valence-corrected chi connectivity index (χ0v) is 16.8. The third-order valence-corrected chi connectivity index (χ3v) is 5.72. The number of hydrogen-bond donors (Lipinski definition) is 1. The molecular weight excluding hydrogens is 387 g/mol. The molecule has 3 aromatic rings.